The van der Waals surface area contributed by atoms with Crippen LogP contribution < -0.4 is 0 Å². The van der Waals surface area contributed by atoms with Crippen molar-refractivity contribution in [3.05, 3.63) is 50.6 Å². The zero-order chi connectivity index (χ0) is 17.3. The van der Waals surface area contributed by atoms with Crippen LogP contribution in [0.3, 0.4) is 0 Å². The van der Waals surface area contributed by atoms with E-state index < -0.39 is 10.0 Å². The first kappa shape index (κ1) is 17.7. The minimum Gasteiger partial charge on any atom is -0.335 e. The summed E-state index contributed by atoms with van der Waals surface area (Å²) in [5.41, 5.74) is 0. The monoisotopic (exact) mass is 404 g/mol. The van der Waals surface area contributed by atoms with Crippen molar-refractivity contribution in [1.82, 2.24) is 9.21 Å². The Balaban J connectivity index is 1.71. The first-order chi connectivity index (χ1) is 11.4. The maximum Gasteiger partial charge on any atom is 0.264 e. The van der Waals surface area contributed by atoms with Crippen LogP contribution in [0.5, 0.6) is 0 Å². The fourth-order valence-corrected chi connectivity index (χ4v) is 4.98. The molecule has 1 aromatic carbocycles. The number of hydrogen-bond donors (Lipinski definition) is 0. The summed E-state index contributed by atoms with van der Waals surface area (Å²) in [7, 11) is -3.65. The third-order valence-corrected chi connectivity index (χ3v) is 7.28. The molecular formula is C15H14Cl2N2O3S2. The second-order valence-corrected chi connectivity index (χ2v) is 8.95. The van der Waals surface area contributed by atoms with Gasteiger partial charge >= 0.3 is 0 Å². The van der Waals surface area contributed by atoms with Crippen LogP contribution in [0, 0.1) is 0 Å². The molecule has 5 nitrogen and oxygen atoms in total. The van der Waals surface area contributed by atoms with Gasteiger partial charge in [0.15, 0.2) is 0 Å². The number of hydrogen-bond acceptors (Lipinski definition) is 4. The molecule has 24 heavy (non-hydrogen) atoms. The van der Waals surface area contributed by atoms with Crippen molar-refractivity contribution in [2.45, 2.75) is 4.90 Å². The highest BCUT2D eigenvalue weighted by Crippen LogP contribution is 2.27. The molecule has 3 rings (SSSR count). The standard InChI is InChI=1S/C15H14Cl2N2O3S2/c16-12-4-3-11(10-13(12)17)24(21,22)19-7-5-18(6-8-19)15(20)14-2-1-9-23-14/h1-4,9-10H,5-8H2. The molecule has 1 aliphatic rings. The summed E-state index contributed by atoms with van der Waals surface area (Å²) in [6.45, 7) is 1.22. The van der Waals surface area contributed by atoms with Gasteiger partial charge in [-0.25, -0.2) is 8.42 Å². The van der Waals surface area contributed by atoms with Gasteiger partial charge < -0.3 is 4.90 Å². The molecule has 1 fully saturated rings. The van der Waals surface area contributed by atoms with Gasteiger partial charge in [-0.15, -0.1) is 11.3 Å². The Hall–Kier alpha value is -1.12. The van der Waals surface area contributed by atoms with E-state index in [9.17, 15) is 13.2 Å². The highest BCUT2D eigenvalue weighted by atomic mass is 35.5. The summed E-state index contributed by atoms with van der Waals surface area (Å²) in [5.74, 6) is -0.0587. The van der Waals surface area contributed by atoms with Gasteiger partial charge in [-0.3, -0.25) is 4.79 Å². The Labute approximate surface area is 154 Å². The molecule has 0 unspecified atom stereocenters. The number of carbonyl (C=O) groups excluding carboxylic acids is 1. The predicted octanol–water partition coefficient (Wildman–Crippen LogP) is 3.20. The maximum absolute atomic E-state index is 12.7. The molecule has 128 valence electrons. The Morgan fingerprint density at radius 2 is 1.75 bits per heavy atom. The fraction of sp³-hybridized carbons (Fsp3) is 0.267. The first-order valence-electron chi connectivity index (χ1n) is 7.17. The van der Waals surface area contributed by atoms with Crippen molar-refractivity contribution < 1.29 is 13.2 Å². The lowest BCUT2D eigenvalue weighted by Crippen LogP contribution is -2.50. The van der Waals surface area contributed by atoms with Crippen LogP contribution >= 0.6 is 34.5 Å². The van der Waals surface area contributed by atoms with Gasteiger partial charge in [0.2, 0.25) is 10.0 Å². The van der Waals surface area contributed by atoms with Crippen LogP contribution in [0.25, 0.3) is 0 Å². The molecule has 0 saturated carbocycles. The third kappa shape index (κ3) is 3.45. The van der Waals surface area contributed by atoms with Gasteiger partial charge in [-0.1, -0.05) is 29.3 Å². The zero-order valence-electron chi connectivity index (χ0n) is 12.5. The maximum atomic E-state index is 12.7. The molecule has 0 bridgehead atoms. The summed E-state index contributed by atoms with van der Waals surface area (Å²) in [5, 5.41) is 2.35. The number of carbonyl (C=O) groups is 1. The second-order valence-electron chi connectivity index (χ2n) is 5.25. The van der Waals surface area contributed by atoms with E-state index in [0.29, 0.717) is 23.0 Å². The Morgan fingerprint density at radius 3 is 2.33 bits per heavy atom. The van der Waals surface area contributed by atoms with E-state index in [-0.39, 0.29) is 28.9 Å². The minimum atomic E-state index is -3.65. The summed E-state index contributed by atoms with van der Waals surface area (Å²) in [6, 6.07) is 7.84. The Morgan fingerprint density at radius 1 is 1.04 bits per heavy atom. The molecule has 0 aliphatic carbocycles. The normalized spacial score (nSPS) is 16.3. The molecule has 2 heterocycles. The fourth-order valence-electron chi connectivity index (χ4n) is 2.47. The zero-order valence-corrected chi connectivity index (χ0v) is 15.6. The van der Waals surface area contributed by atoms with Crippen molar-refractivity contribution in [1.29, 1.82) is 0 Å². The SMILES string of the molecule is O=C(c1cccs1)N1CCN(S(=O)(=O)c2ccc(Cl)c(Cl)c2)CC1. The van der Waals surface area contributed by atoms with Crippen LogP contribution in [0.4, 0.5) is 0 Å². The molecule has 1 aromatic heterocycles. The average molecular weight is 405 g/mol. The van der Waals surface area contributed by atoms with E-state index in [4.69, 9.17) is 23.2 Å². The molecule has 0 N–H and O–H groups in total. The smallest absolute Gasteiger partial charge is 0.264 e. The van der Waals surface area contributed by atoms with E-state index >= 15 is 0 Å². The van der Waals surface area contributed by atoms with Crippen LogP contribution in [0.2, 0.25) is 10.0 Å². The van der Waals surface area contributed by atoms with E-state index in [2.05, 4.69) is 0 Å². The molecule has 2 aromatic rings. The van der Waals surface area contributed by atoms with Gasteiger partial charge in [0.05, 0.1) is 19.8 Å². The second kappa shape index (κ2) is 7.01. The quantitative estimate of drug-likeness (QED) is 0.788. The first-order valence-corrected chi connectivity index (χ1v) is 10.2. The minimum absolute atomic E-state index is 0.0587. The molecule has 0 radical (unpaired) electrons. The van der Waals surface area contributed by atoms with E-state index in [1.165, 1.54) is 33.8 Å². The highest BCUT2D eigenvalue weighted by molar-refractivity contribution is 7.89. The molecule has 1 saturated heterocycles. The lowest BCUT2D eigenvalue weighted by Gasteiger charge is -2.33. The van der Waals surface area contributed by atoms with Crippen molar-refractivity contribution in [2.75, 3.05) is 26.2 Å². The number of nitrogens with zero attached hydrogens (tertiary/aromatic N) is 2. The summed E-state index contributed by atoms with van der Waals surface area (Å²) in [6.07, 6.45) is 0. The number of amides is 1. The highest BCUT2D eigenvalue weighted by Gasteiger charge is 2.30. The van der Waals surface area contributed by atoms with Gasteiger partial charge in [0.25, 0.3) is 5.91 Å². The number of piperazine rings is 1. The van der Waals surface area contributed by atoms with Crippen molar-refractivity contribution in [2.24, 2.45) is 0 Å². The van der Waals surface area contributed by atoms with Crippen LogP contribution in [-0.4, -0.2) is 49.7 Å². The van der Waals surface area contributed by atoms with E-state index in [1.54, 1.807) is 11.0 Å². The molecule has 9 heteroatoms. The number of benzene rings is 1. The average Bonchev–Trinajstić information content (AvgIpc) is 3.11. The summed E-state index contributed by atoms with van der Waals surface area (Å²) in [4.78, 5) is 14.7. The number of sulfonamides is 1. The van der Waals surface area contributed by atoms with Crippen LogP contribution in [-0.2, 0) is 10.0 Å². The van der Waals surface area contributed by atoms with Crippen LogP contribution in [0.1, 0.15) is 9.67 Å². The van der Waals surface area contributed by atoms with E-state index in [0.717, 1.165) is 0 Å². The van der Waals surface area contributed by atoms with Crippen molar-refractivity contribution in [3.8, 4) is 0 Å². The Kier molecular flexibility index (Phi) is 5.17. The van der Waals surface area contributed by atoms with E-state index in [1.807, 2.05) is 11.4 Å². The molecule has 0 atom stereocenters. The third-order valence-electron chi connectivity index (χ3n) is 3.79. The summed E-state index contributed by atoms with van der Waals surface area (Å²) >= 11 is 13.1. The van der Waals surface area contributed by atoms with Gasteiger partial charge in [0, 0.05) is 26.2 Å². The summed E-state index contributed by atoms with van der Waals surface area (Å²) < 4.78 is 26.7. The Bertz CT molecular complexity index is 846. The molecule has 0 spiro atoms. The van der Waals surface area contributed by atoms with Gasteiger partial charge in [-0.05, 0) is 29.6 Å². The number of rotatable bonds is 3. The molecular weight excluding hydrogens is 391 g/mol. The van der Waals surface area contributed by atoms with Gasteiger partial charge in [-0.2, -0.15) is 4.31 Å². The molecule has 1 amide bonds. The van der Waals surface area contributed by atoms with Crippen molar-refractivity contribution >= 4 is 50.5 Å². The lowest BCUT2D eigenvalue weighted by atomic mass is 10.3. The number of halogens is 2. The van der Waals surface area contributed by atoms with Gasteiger partial charge in [0.1, 0.15) is 0 Å². The van der Waals surface area contributed by atoms with Crippen molar-refractivity contribution in [3.63, 3.8) is 0 Å². The molecule has 1 aliphatic heterocycles. The topological polar surface area (TPSA) is 57.7 Å². The van der Waals surface area contributed by atoms with Crippen LogP contribution in [0.15, 0.2) is 40.6 Å². The number of thiophene rings is 1. The lowest BCUT2D eigenvalue weighted by molar-refractivity contribution is 0.0703. The largest absolute Gasteiger partial charge is 0.335 e. The predicted molar refractivity (Wildman–Crippen MR) is 95.4 cm³/mol.